The van der Waals surface area contributed by atoms with Crippen LogP contribution in [0, 0.1) is 5.92 Å². The first-order chi connectivity index (χ1) is 16.4. The highest BCUT2D eigenvalue weighted by Gasteiger charge is 2.49. The summed E-state index contributed by atoms with van der Waals surface area (Å²) in [5.41, 5.74) is 0.649. The van der Waals surface area contributed by atoms with Crippen molar-refractivity contribution in [3.8, 4) is 0 Å². The number of amides is 1. The number of fused-ring (bicyclic) bond motifs is 1. The predicted molar refractivity (Wildman–Crippen MR) is 130 cm³/mol. The highest BCUT2D eigenvalue weighted by atomic mass is 16.7. The zero-order valence-corrected chi connectivity index (χ0v) is 19.7. The number of carbonyl (C=O) groups is 2. The molecule has 2 heterocycles. The lowest BCUT2D eigenvalue weighted by molar-refractivity contribution is -0.166. The summed E-state index contributed by atoms with van der Waals surface area (Å²) in [6.07, 6.45) is 2.82. The molecule has 3 aromatic rings. The topological polar surface area (TPSA) is 89.9 Å². The monoisotopic (exact) mass is 459 g/mol. The van der Waals surface area contributed by atoms with Crippen molar-refractivity contribution in [3.05, 3.63) is 78.1 Å². The smallest absolute Gasteiger partial charge is 0.353 e. The maximum atomic E-state index is 13.3. The highest BCUT2D eigenvalue weighted by Crippen LogP contribution is 2.32. The molecule has 0 spiro atoms. The third-order valence-electron chi connectivity index (χ3n) is 6.00. The van der Waals surface area contributed by atoms with Crippen LogP contribution in [0.1, 0.15) is 42.7 Å². The van der Waals surface area contributed by atoms with Crippen LogP contribution in [-0.4, -0.2) is 41.3 Å². The molecule has 4 rings (SSSR count). The minimum absolute atomic E-state index is 0.231. The summed E-state index contributed by atoms with van der Waals surface area (Å²) in [5, 5.41) is 9.11. The molecule has 0 radical (unpaired) electrons. The van der Waals surface area contributed by atoms with Crippen LogP contribution >= 0.6 is 0 Å². The van der Waals surface area contributed by atoms with Gasteiger partial charge in [-0.05, 0) is 29.4 Å². The largest absolute Gasteiger partial charge is 0.466 e. The Labute approximate surface area is 199 Å². The fourth-order valence-electron chi connectivity index (χ4n) is 4.35. The van der Waals surface area contributed by atoms with Gasteiger partial charge < -0.3 is 14.9 Å². The Kier molecular flexibility index (Phi) is 6.91. The fourth-order valence-corrected chi connectivity index (χ4v) is 4.35. The molecule has 0 fully saturated rings. The van der Waals surface area contributed by atoms with Gasteiger partial charge in [0.1, 0.15) is 5.69 Å². The van der Waals surface area contributed by atoms with Crippen molar-refractivity contribution >= 4 is 28.4 Å². The van der Waals surface area contributed by atoms with E-state index in [0.717, 1.165) is 16.3 Å². The molecule has 0 bridgehead atoms. The van der Waals surface area contributed by atoms with Crippen LogP contribution < -0.4 is 5.32 Å². The molecule has 2 atom stereocenters. The number of pyridine rings is 1. The molecular formula is C27H29N3O4. The fraction of sp³-hybridized carbons (Fsp3) is 0.333. The number of aromatic nitrogens is 1. The Bertz CT molecular complexity index is 1200. The molecule has 0 saturated heterocycles. The van der Waals surface area contributed by atoms with Crippen molar-refractivity contribution in [1.29, 1.82) is 0 Å². The minimum atomic E-state index is -1.26. The number of rotatable bonds is 8. The maximum Gasteiger partial charge on any atom is 0.353 e. The molecule has 2 aromatic carbocycles. The second kappa shape index (κ2) is 10.0. The van der Waals surface area contributed by atoms with Crippen LogP contribution in [0.15, 0.2) is 72.0 Å². The molecule has 1 amide bonds. The third kappa shape index (κ3) is 4.93. The normalized spacial score (nSPS) is 18.3. The first-order valence-electron chi connectivity index (χ1n) is 11.4. The maximum absolute atomic E-state index is 13.3. The molecule has 176 valence electrons. The molecule has 1 aliphatic heterocycles. The number of hydrogen-bond acceptors (Lipinski definition) is 6. The van der Waals surface area contributed by atoms with Crippen molar-refractivity contribution in [2.45, 2.75) is 44.8 Å². The molecule has 1 aliphatic rings. The van der Waals surface area contributed by atoms with Gasteiger partial charge in [0.25, 0.3) is 5.91 Å². The Morgan fingerprint density at radius 2 is 1.82 bits per heavy atom. The zero-order chi connectivity index (χ0) is 24.1. The third-order valence-corrected chi connectivity index (χ3v) is 6.00. The lowest BCUT2D eigenvalue weighted by atomic mass is 9.86. The lowest BCUT2D eigenvalue weighted by Crippen LogP contribution is -2.46. The minimum Gasteiger partial charge on any atom is -0.466 e. The highest BCUT2D eigenvalue weighted by molar-refractivity contribution is 6.07. The van der Waals surface area contributed by atoms with E-state index in [1.54, 1.807) is 6.20 Å². The molecule has 1 unspecified atom stereocenters. The number of methoxy groups -OCH3 is 1. The molecule has 7 nitrogen and oxygen atoms in total. The number of nitrogens with one attached hydrogen (secondary N) is 1. The van der Waals surface area contributed by atoms with E-state index in [1.165, 1.54) is 7.11 Å². The summed E-state index contributed by atoms with van der Waals surface area (Å²) >= 11 is 0. The van der Waals surface area contributed by atoms with Crippen molar-refractivity contribution in [3.63, 3.8) is 0 Å². The Morgan fingerprint density at radius 3 is 2.56 bits per heavy atom. The molecule has 34 heavy (non-hydrogen) atoms. The second-order valence-corrected chi connectivity index (χ2v) is 9.04. The number of benzene rings is 2. The Hall–Kier alpha value is -3.74. The van der Waals surface area contributed by atoms with Gasteiger partial charge in [0.2, 0.25) is 5.60 Å². The van der Waals surface area contributed by atoms with Gasteiger partial charge in [0.05, 0.1) is 18.9 Å². The van der Waals surface area contributed by atoms with Crippen LogP contribution in [-0.2, 0) is 20.8 Å². The second-order valence-electron chi connectivity index (χ2n) is 9.04. The predicted octanol–water partition coefficient (Wildman–Crippen LogP) is 4.31. The summed E-state index contributed by atoms with van der Waals surface area (Å²) < 4.78 is 5.08. The van der Waals surface area contributed by atoms with Crippen molar-refractivity contribution in [1.82, 2.24) is 10.3 Å². The number of nitrogens with zero attached hydrogens (tertiary/aromatic N) is 2. The molecule has 7 heteroatoms. The average molecular weight is 460 g/mol. The Morgan fingerprint density at radius 1 is 1.09 bits per heavy atom. The van der Waals surface area contributed by atoms with Gasteiger partial charge in [0, 0.05) is 24.4 Å². The average Bonchev–Trinajstić information content (AvgIpc) is 3.28. The van der Waals surface area contributed by atoms with Gasteiger partial charge in [-0.2, -0.15) is 0 Å². The van der Waals surface area contributed by atoms with E-state index in [9.17, 15) is 9.59 Å². The summed E-state index contributed by atoms with van der Waals surface area (Å²) in [4.78, 5) is 36.2. The van der Waals surface area contributed by atoms with Crippen LogP contribution in [0.5, 0.6) is 0 Å². The quantitative estimate of drug-likeness (QED) is 0.507. The number of esters is 1. The molecule has 0 aliphatic carbocycles. The standard InChI is InChI=1S/C27H29N3O4/c1-18(2)15-22(29-25(31)24-21-12-8-7-11-20(21)13-14-28-24)23-17-27(34-30-23,26(32)33-3)16-19-9-5-4-6-10-19/h4-14,18,22H,15-17H2,1-3H3,(H,29,31)/t22-,27?/m0/s1. The molecule has 1 aromatic heterocycles. The SMILES string of the molecule is COC(=O)C1(Cc2ccccc2)CC([C@H](CC(C)C)NC(=O)c2nccc3ccccc23)=NO1. The van der Waals surface area contributed by atoms with Gasteiger partial charge in [-0.3, -0.25) is 9.78 Å². The van der Waals surface area contributed by atoms with Gasteiger partial charge in [0.15, 0.2) is 0 Å². The van der Waals surface area contributed by atoms with Crippen molar-refractivity contribution < 1.29 is 19.2 Å². The van der Waals surface area contributed by atoms with Gasteiger partial charge in [-0.1, -0.05) is 73.6 Å². The van der Waals surface area contributed by atoms with Crippen molar-refractivity contribution in [2.24, 2.45) is 11.1 Å². The summed E-state index contributed by atoms with van der Waals surface area (Å²) in [7, 11) is 1.34. The van der Waals surface area contributed by atoms with E-state index in [4.69, 9.17) is 9.57 Å². The Balaban J connectivity index is 1.59. The number of hydrogen-bond donors (Lipinski definition) is 1. The van der Waals surface area contributed by atoms with Crippen LogP contribution in [0.3, 0.4) is 0 Å². The van der Waals surface area contributed by atoms with Crippen molar-refractivity contribution in [2.75, 3.05) is 7.11 Å². The summed E-state index contributed by atoms with van der Waals surface area (Å²) in [6.45, 7) is 4.15. The zero-order valence-electron chi connectivity index (χ0n) is 19.7. The molecule has 1 N–H and O–H groups in total. The van der Waals surface area contributed by atoms with E-state index in [0.29, 0.717) is 24.2 Å². The van der Waals surface area contributed by atoms with E-state index < -0.39 is 17.6 Å². The van der Waals surface area contributed by atoms with Crippen LogP contribution in [0.4, 0.5) is 0 Å². The first kappa shape index (κ1) is 23.4. The first-order valence-corrected chi connectivity index (χ1v) is 11.4. The number of carbonyl (C=O) groups excluding carboxylic acids is 2. The lowest BCUT2D eigenvalue weighted by Gasteiger charge is -2.25. The summed E-state index contributed by atoms with van der Waals surface area (Å²) in [5.74, 6) is -0.500. The van der Waals surface area contributed by atoms with Crippen LogP contribution in [0.25, 0.3) is 10.8 Å². The van der Waals surface area contributed by atoms with E-state index in [1.807, 2.05) is 60.7 Å². The number of oxime groups is 1. The summed E-state index contributed by atoms with van der Waals surface area (Å²) in [6, 6.07) is 18.7. The number of ether oxygens (including phenoxy) is 1. The van der Waals surface area contributed by atoms with E-state index in [2.05, 4.69) is 29.3 Å². The van der Waals surface area contributed by atoms with Gasteiger partial charge >= 0.3 is 5.97 Å². The van der Waals surface area contributed by atoms with E-state index >= 15 is 0 Å². The van der Waals surface area contributed by atoms with Gasteiger partial charge in [-0.25, -0.2) is 4.79 Å². The molecule has 0 saturated carbocycles. The van der Waals surface area contributed by atoms with Gasteiger partial charge in [-0.15, -0.1) is 0 Å². The van der Waals surface area contributed by atoms with E-state index in [-0.39, 0.29) is 18.2 Å². The molecular weight excluding hydrogens is 430 g/mol. The van der Waals surface area contributed by atoms with Crippen LogP contribution in [0.2, 0.25) is 0 Å².